The van der Waals surface area contributed by atoms with Crippen molar-refractivity contribution in [3.8, 4) is 0 Å². The van der Waals surface area contributed by atoms with Gasteiger partial charge in [-0.15, -0.1) is 0 Å². The summed E-state index contributed by atoms with van der Waals surface area (Å²) in [6, 6.07) is 0. The highest BCUT2D eigenvalue weighted by molar-refractivity contribution is 6.42. The van der Waals surface area contributed by atoms with Gasteiger partial charge in [0.15, 0.2) is 6.10 Å². The van der Waals surface area contributed by atoms with Gasteiger partial charge in [0.2, 0.25) is 6.41 Å². The Kier molecular flexibility index (Phi) is 5.11. The van der Waals surface area contributed by atoms with E-state index in [1.165, 1.54) is 11.1 Å². The first-order valence-corrected chi connectivity index (χ1v) is 5.55. The number of halogens is 1. The van der Waals surface area contributed by atoms with Gasteiger partial charge in [-0.1, -0.05) is 11.6 Å². The molecular formula is C10H13ClN2O5. The zero-order valence-corrected chi connectivity index (χ0v) is 10.4. The molecule has 0 aliphatic carbocycles. The van der Waals surface area contributed by atoms with Crippen molar-refractivity contribution in [1.82, 2.24) is 10.2 Å². The Bertz CT molecular complexity index is 384. The second-order valence-electron chi connectivity index (χ2n) is 3.73. The quantitative estimate of drug-likeness (QED) is 0.536. The van der Waals surface area contributed by atoms with Crippen LogP contribution in [-0.4, -0.2) is 47.7 Å². The third-order valence-corrected chi connectivity index (χ3v) is 2.72. The fourth-order valence-electron chi connectivity index (χ4n) is 1.54. The SMILES string of the molecule is CN(/C=C(/Cl)C(=O)NC=O)C1CCC(C(=O)O)O1. The van der Waals surface area contributed by atoms with Crippen molar-refractivity contribution in [2.45, 2.75) is 25.2 Å². The molecule has 0 spiro atoms. The van der Waals surface area contributed by atoms with Crippen LogP contribution < -0.4 is 5.32 Å². The van der Waals surface area contributed by atoms with Crippen LogP contribution in [0.3, 0.4) is 0 Å². The molecule has 1 heterocycles. The van der Waals surface area contributed by atoms with Crippen molar-refractivity contribution in [2.75, 3.05) is 7.05 Å². The normalized spacial score (nSPS) is 23.6. The van der Waals surface area contributed by atoms with Crippen LogP contribution >= 0.6 is 11.6 Å². The Morgan fingerprint density at radius 2 is 2.17 bits per heavy atom. The minimum absolute atomic E-state index is 0.188. The zero-order chi connectivity index (χ0) is 13.7. The van der Waals surface area contributed by atoms with E-state index in [4.69, 9.17) is 21.4 Å². The molecular weight excluding hydrogens is 264 g/mol. The molecule has 1 aliphatic heterocycles. The van der Waals surface area contributed by atoms with Gasteiger partial charge in [-0.05, 0) is 12.8 Å². The molecule has 0 radical (unpaired) electrons. The number of carbonyl (C=O) groups is 3. The van der Waals surface area contributed by atoms with Gasteiger partial charge in [0.1, 0.15) is 11.3 Å². The van der Waals surface area contributed by atoms with E-state index in [1.807, 2.05) is 5.32 Å². The van der Waals surface area contributed by atoms with Gasteiger partial charge in [0, 0.05) is 13.2 Å². The van der Waals surface area contributed by atoms with E-state index in [0.717, 1.165) is 0 Å². The number of ether oxygens (including phenoxy) is 1. The molecule has 100 valence electrons. The molecule has 2 N–H and O–H groups in total. The standard InChI is InChI=1S/C10H13ClN2O5/c1-13(4-6(11)9(15)12-5-14)8-3-2-7(18-8)10(16)17/h4-5,7-8H,2-3H2,1H3,(H,16,17)(H,12,14,15)/b6-4+. The number of nitrogens with one attached hydrogen (secondary N) is 1. The molecule has 2 amide bonds. The third-order valence-electron chi connectivity index (χ3n) is 2.45. The Hall–Kier alpha value is -1.60. The predicted octanol–water partition coefficient (Wildman–Crippen LogP) is -0.139. The molecule has 2 unspecified atom stereocenters. The predicted molar refractivity (Wildman–Crippen MR) is 61.4 cm³/mol. The van der Waals surface area contributed by atoms with Gasteiger partial charge in [-0.3, -0.25) is 14.9 Å². The maximum absolute atomic E-state index is 11.2. The summed E-state index contributed by atoms with van der Waals surface area (Å²) >= 11 is 5.66. The Morgan fingerprint density at radius 1 is 1.50 bits per heavy atom. The van der Waals surface area contributed by atoms with Gasteiger partial charge in [0.05, 0.1) is 0 Å². The average Bonchev–Trinajstić information content (AvgIpc) is 2.78. The fraction of sp³-hybridized carbons (Fsp3) is 0.500. The number of carboxylic acids is 1. The number of imide groups is 1. The molecule has 0 aromatic carbocycles. The highest BCUT2D eigenvalue weighted by atomic mass is 35.5. The minimum Gasteiger partial charge on any atom is -0.479 e. The van der Waals surface area contributed by atoms with Crippen LogP contribution in [0.25, 0.3) is 0 Å². The van der Waals surface area contributed by atoms with Crippen molar-refractivity contribution in [3.63, 3.8) is 0 Å². The third kappa shape index (κ3) is 3.71. The van der Waals surface area contributed by atoms with Crippen LogP contribution in [0.4, 0.5) is 0 Å². The van der Waals surface area contributed by atoms with E-state index in [-0.39, 0.29) is 11.4 Å². The smallest absolute Gasteiger partial charge is 0.332 e. The summed E-state index contributed by atoms with van der Waals surface area (Å²) in [6.45, 7) is 0. The molecule has 1 fully saturated rings. The molecule has 8 heteroatoms. The average molecular weight is 277 g/mol. The molecule has 0 aromatic rings. The summed E-state index contributed by atoms with van der Waals surface area (Å²) in [5.74, 6) is -1.74. The van der Waals surface area contributed by atoms with Crippen molar-refractivity contribution in [2.24, 2.45) is 0 Å². The fourth-order valence-corrected chi connectivity index (χ4v) is 1.75. The van der Waals surface area contributed by atoms with Crippen molar-refractivity contribution >= 4 is 29.9 Å². The van der Waals surface area contributed by atoms with Gasteiger partial charge in [-0.2, -0.15) is 0 Å². The Labute approximate surface area is 108 Å². The van der Waals surface area contributed by atoms with Crippen molar-refractivity contribution in [3.05, 3.63) is 11.2 Å². The van der Waals surface area contributed by atoms with Crippen LogP contribution in [0, 0.1) is 0 Å². The molecule has 1 aliphatic rings. The number of aliphatic carboxylic acids is 1. The monoisotopic (exact) mass is 276 g/mol. The molecule has 1 saturated heterocycles. The summed E-state index contributed by atoms with van der Waals surface area (Å²) in [5, 5.41) is 10.5. The second-order valence-corrected chi connectivity index (χ2v) is 4.14. The molecule has 18 heavy (non-hydrogen) atoms. The van der Waals surface area contributed by atoms with Gasteiger partial charge in [0.25, 0.3) is 5.91 Å². The van der Waals surface area contributed by atoms with E-state index in [9.17, 15) is 14.4 Å². The summed E-state index contributed by atoms with van der Waals surface area (Å²) in [5.41, 5.74) is 0. The van der Waals surface area contributed by atoms with E-state index in [0.29, 0.717) is 12.8 Å². The molecule has 0 aromatic heterocycles. The number of rotatable bonds is 5. The van der Waals surface area contributed by atoms with E-state index in [2.05, 4.69) is 0 Å². The minimum atomic E-state index is -1.01. The molecule has 2 atom stereocenters. The van der Waals surface area contributed by atoms with Crippen molar-refractivity contribution in [1.29, 1.82) is 0 Å². The number of hydrogen-bond acceptors (Lipinski definition) is 5. The van der Waals surface area contributed by atoms with Crippen LogP contribution in [0.1, 0.15) is 12.8 Å². The molecule has 0 bridgehead atoms. The van der Waals surface area contributed by atoms with Crippen LogP contribution in [0.5, 0.6) is 0 Å². The largest absolute Gasteiger partial charge is 0.479 e. The number of nitrogens with zero attached hydrogens (tertiary/aromatic N) is 1. The lowest BCUT2D eigenvalue weighted by Crippen LogP contribution is -2.30. The Morgan fingerprint density at radius 3 is 2.67 bits per heavy atom. The number of hydrogen-bond donors (Lipinski definition) is 2. The summed E-state index contributed by atoms with van der Waals surface area (Å²) in [7, 11) is 1.60. The van der Waals surface area contributed by atoms with Gasteiger partial charge < -0.3 is 14.7 Å². The summed E-state index contributed by atoms with van der Waals surface area (Å²) in [6.07, 6.45) is 1.14. The number of carboxylic acid groups (broad SMARTS) is 1. The van der Waals surface area contributed by atoms with E-state index < -0.39 is 24.2 Å². The first-order valence-electron chi connectivity index (χ1n) is 5.17. The van der Waals surface area contributed by atoms with Crippen LogP contribution in [0.2, 0.25) is 0 Å². The lowest BCUT2D eigenvalue weighted by Gasteiger charge is -2.22. The molecule has 0 saturated carbocycles. The first-order chi connectivity index (χ1) is 8.45. The second kappa shape index (κ2) is 6.36. The molecule has 1 rings (SSSR count). The van der Waals surface area contributed by atoms with Crippen LogP contribution in [-0.2, 0) is 19.1 Å². The summed E-state index contributed by atoms with van der Waals surface area (Å²) in [4.78, 5) is 33.4. The van der Waals surface area contributed by atoms with E-state index in [1.54, 1.807) is 7.05 Å². The lowest BCUT2D eigenvalue weighted by atomic mass is 10.2. The maximum Gasteiger partial charge on any atom is 0.332 e. The topological polar surface area (TPSA) is 95.9 Å². The highest BCUT2D eigenvalue weighted by Crippen LogP contribution is 2.22. The number of carbonyl (C=O) groups excluding carboxylic acids is 2. The lowest BCUT2D eigenvalue weighted by molar-refractivity contribution is -0.152. The van der Waals surface area contributed by atoms with Gasteiger partial charge in [-0.25, -0.2) is 4.79 Å². The summed E-state index contributed by atoms with van der Waals surface area (Å²) < 4.78 is 5.25. The van der Waals surface area contributed by atoms with E-state index >= 15 is 0 Å². The molecule has 7 nitrogen and oxygen atoms in total. The first kappa shape index (κ1) is 14.5. The maximum atomic E-state index is 11.2. The number of amides is 2. The highest BCUT2D eigenvalue weighted by Gasteiger charge is 2.32. The van der Waals surface area contributed by atoms with Crippen molar-refractivity contribution < 1.29 is 24.2 Å². The van der Waals surface area contributed by atoms with Gasteiger partial charge >= 0.3 is 5.97 Å². The zero-order valence-electron chi connectivity index (χ0n) is 9.63. The van der Waals surface area contributed by atoms with Crippen LogP contribution in [0.15, 0.2) is 11.2 Å². The Balaban J connectivity index is 2.58.